The highest BCUT2D eigenvalue weighted by Crippen LogP contribution is 2.45. The first-order valence-corrected chi connectivity index (χ1v) is 9.87. The van der Waals surface area contributed by atoms with E-state index < -0.39 is 4.92 Å². The number of hydrogen-bond acceptors (Lipinski definition) is 7. The lowest BCUT2D eigenvalue weighted by Crippen LogP contribution is -2.08. The number of hydrogen-bond donors (Lipinski definition) is 0. The third kappa shape index (κ3) is 3.66. The van der Waals surface area contributed by atoms with Gasteiger partial charge in [0.2, 0.25) is 0 Å². The highest BCUT2D eigenvalue weighted by atomic mass is 16.6. The molecule has 0 N–H and O–H groups in total. The Hall–Kier alpha value is -4.20. The predicted molar refractivity (Wildman–Crippen MR) is 124 cm³/mol. The van der Waals surface area contributed by atoms with E-state index in [1.807, 2.05) is 49.3 Å². The topological polar surface area (TPSA) is 90.6 Å². The maximum atomic E-state index is 11.4. The molecule has 0 bridgehead atoms. The van der Waals surface area contributed by atoms with Crippen molar-refractivity contribution < 1.29 is 14.4 Å². The third-order valence-electron chi connectivity index (χ3n) is 5.27. The maximum absolute atomic E-state index is 11.4. The second-order valence-electron chi connectivity index (χ2n) is 7.35. The number of nitrogens with zero attached hydrogens (tertiary/aromatic N) is 4. The first kappa shape index (κ1) is 21.0. The molecule has 1 aromatic heterocycles. The summed E-state index contributed by atoms with van der Waals surface area (Å²) in [4.78, 5) is 22.0. The van der Waals surface area contributed by atoms with Gasteiger partial charge >= 0.3 is 0 Å². The van der Waals surface area contributed by atoms with Gasteiger partial charge in [-0.05, 0) is 23.8 Å². The molecule has 0 saturated carbocycles. The number of aromatic nitrogens is 2. The van der Waals surface area contributed by atoms with Gasteiger partial charge < -0.3 is 14.4 Å². The Kier molecular flexibility index (Phi) is 5.59. The van der Waals surface area contributed by atoms with Crippen molar-refractivity contribution in [3.63, 3.8) is 0 Å². The summed E-state index contributed by atoms with van der Waals surface area (Å²) in [6.45, 7) is 0. The summed E-state index contributed by atoms with van der Waals surface area (Å²) < 4.78 is 11.3. The van der Waals surface area contributed by atoms with E-state index in [-0.39, 0.29) is 5.69 Å². The predicted octanol–water partition coefficient (Wildman–Crippen LogP) is 4.96. The number of fused-ring (bicyclic) bond motifs is 1. The van der Waals surface area contributed by atoms with Gasteiger partial charge in [0.25, 0.3) is 5.69 Å². The van der Waals surface area contributed by atoms with Crippen LogP contribution in [0.1, 0.15) is 0 Å². The summed E-state index contributed by atoms with van der Waals surface area (Å²) in [5.41, 5.74) is 4.53. The van der Waals surface area contributed by atoms with Crippen molar-refractivity contribution in [2.24, 2.45) is 0 Å². The fourth-order valence-corrected chi connectivity index (χ4v) is 3.70. The first-order valence-electron chi connectivity index (χ1n) is 9.87. The lowest BCUT2D eigenvalue weighted by Gasteiger charge is -2.17. The smallest absolute Gasteiger partial charge is 0.270 e. The number of methoxy groups -OCH3 is 2. The van der Waals surface area contributed by atoms with Crippen molar-refractivity contribution in [1.29, 1.82) is 0 Å². The number of benzene rings is 3. The van der Waals surface area contributed by atoms with Gasteiger partial charge in [0.15, 0.2) is 11.5 Å². The Bertz CT molecular complexity index is 1300. The lowest BCUT2D eigenvalue weighted by atomic mass is 9.97. The molecule has 0 saturated heterocycles. The third-order valence-corrected chi connectivity index (χ3v) is 5.27. The SMILES string of the molecule is COc1cc2c(-c3ccc(N(C)C)cc3)ncnc2c(-c2cccc([N+](=O)[O-])c2)c1OC. The molecule has 32 heavy (non-hydrogen) atoms. The van der Waals surface area contributed by atoms with Crippen LogP contribution in [0.25, 0.3) is 33.3 Å². The molecule has 0 aliphatic rings. The summed E-state index contributed by atoms with van der Waals surface area (Å²) >= 11 is 0. The standard InChI is InChI=1S/C24H22N4O4/c1-27(2)17-10-8-15(9-11-17)22-19-13-20(31-3)24(32-4)21(23(19)26-14-25-22)16-6-5-7-18(12-16)28(29)30/h5-14H,1-4H3. The van der Waals surface area contributed by atoms with Crippen LogP contribution >= 0.6 is 0 Å². The van der Waals surface area contributed by atoms with Crippen LogP contribution in [-0.4, -0.2) is 43.2 Å². The Morgan fingerprint density at radius 1 is 0.938 bits per heavy atom. The molecule has 1 heterocycles. The van der Waals surface area contributed by atoms with Crippen LogP contribution in [0.15, 0.2) is 60.9 Å². The lowest BCUT2D eigenvalue weighted by molar-refractivity contribution is -0.384. The molecule has 162 valence electrons. The average Bonchev–Trinajstić information content (AvgIpc) is 2.82. The molecule has 4 aromatic rings. The average molecular weight is 430 g/mol. The van der Waals surface area contributed by atoms with Crippen molar-refractivity contribution in [3.8, 4) is 33.9 Å². The highest BCUT2D eigenvalue weighted by molar-refractivity contribution is 6.04. The van der Waals surface area contributed by atoms with Gasteiger partial charge in [-0.3, -0.25) is 10.1 Å². The molecule has 4 rings (SSSR count). The van der Waals surface area contributed by atoms with Crippen molar-refractivity contribution in [2.75, 3.05) is 33.2 Å². The molecule has 3 aromatic carbocycles. The summed E-state index contributed by atoms with van der Waals surface area (Å²) in [6, 6.07) is 16.3. The largest absolute Gasteiger partial charge is 0.493 e. The normalized spacial score (nSPS) is 10.8. The summed E-state index contributed by atoms with van der Waals surface area (Å²) in [5, 5.41) is 12.1. The number of non-ortho nitro benzene ring substituents is 1. The highest BCUT2D eigenvalue weighted by Gasteiger charge is 2.22. The van der Waals surface area contributed by atoms with E-state index in [0.717, 1.165) is 22.3 Å². The minimum atomic E-state index is -0.426. The number of anilines is 1. The van der Waals surface area contributed by atoms with E-state index in [1.165, 1.54) is 25.6 Å². The van der Waals surface area contributed by atoms with Gasteiger partial charge in [-0.15, -0.1) is 0 Å². The van der Waals surface area contributed by atoms with Crippen molar-refractivity contribution in [3.05, 3.63) is 71.0 Å². The van der Waals surface area contributed by atoms with Crippen LogP contribution in [0.5, 0.6) is 11.5 Å². The van der Waals surface area contributed by atoms with Gasteiger partial charge in [-0.2, -0.15) is 0 Å². The van der Waals surface area contributed by atoms with Crippen molar-refractivity contribution in [2.45, 2.75) is 0 Å². The molecular formula is C24H22N4O4. The Morgan fingerprint density at radius 2 is 1.69 bits per heavy atom. The summed E-state index contributed by atoms with van der Waals surface area (Å²) in [5.74, 6) is 0.940. The molecule has 0 amide bonds. The van der Waals surface area contributed by atoms with Gasteiger partial charge in [0.1, 0.15) is 6.33 Å². The second-order valence-corrected chi connectivity index (χ2v) is 7.35. The molecule has 0 unspecified atom stereocenters. The van der Waals surface area contributed by atoms with Crippen molar-refractivity contribution in [1.82, 2.24) is 9.97 Å². The van der Waals surface area contributed by atoms with E-state index >= 15 is 0 Å². The van der Waals surface area contributed by atoms with Crippen LogP contribution in [0.3, 0.4) is 0 Å². The van der Waals surface area contributed by atoms with E-state index in [1.54, 1.807) is 19.2 Å². The molecule has 8 heteroatoms. The molecule has 0 fully saturated rings. The number of nitro benzene ring substituents is 1. The Balaban J connectivity index is 2.03. The van der Waals surface area contributed by atoms with E-state index in [0.29, 0.717) is 28.1 Å². The number of ether oxygens (including phenoxy) is 2. The van der Waals surface area contributed by atoms with E-state index in [2.05, 4.69) is 9.97 Å². The number of rotatable bonds is 6. The monoisotopic (exact) mass is 430 g/mol. The fraction of sp³-hybridized carbons (Fsp3) is 0.167. The summed E-state index contributed by atoms with van der Waals surface area (Å²) in [6.07, 6.45) is 1.49. The second kappa shape index (κ2) is 8.50. The van der Waals surface area contributed by atoms with Crippen LogP contribution in [0.4, 0.5) is 11.4 Å². The summed E-state index contributed by atoms with van der Waals surface area (Å²) in [7, 11) is 7.05. The molecule has 8 nitrogen and oxygen atoms in total. The number of nitro groups is 1. The van der Waals surface area contributed by atoms with Crippen molar-refractivity contribution >= 4 is 22.3 Å². The van der Waals surface area contributed by atoms with Gasteiger partial charge in [0, 0.05) is 42.9 Å². The van der Waals surface area contributed by atoms with Gasteiger partial charge in [-0.25, -0.2) is 9.97 Å². The van der Waals surface area contributed by atoms with Gasteiger partial charge in [-0.1, -0.05) is 24.3 Å². The van der Waals surface area contributed by atoms with Crippen LogP contribution in [-0.2, 0) is 0 Å². The van der Waals surface area contributed by atoms with E-state index in [4.69, 9.17) is 9.47 Å². The molecular weight excluding hydrogens is 408 g/mol. The van der Waals surface area contributed by atoms with Gasteiger partial charge in [0.05, 0.1) is 35.9 Å². The zero-order chi connectivity index (χ0) is 22.8. The minimum Gasteiger partial charge on any atom is -0.493 e. The van der Waals surface area contributed by atoms with Crippen LogP contribution < -0.4 is 14.4 Å². The Labute approximate surface area is 185 Å². The maximum Gasteiger partial charge on any atom is 0.270 e. The molecule has 0 radical (unpaired) electrons. The van der Waals surface area contributed by atoms with Crippen LogP contribution in [0, 0.1) is 10.1 Å². The molecule has 0 spiro atoms. The van der Waals surface area contributed by atoms with Crippen LogP contribution in [0.2, 0.25) is 0 Å². The molecule has 0 atom stereocenters. The molecule has 0 aliphatic carbocycles. The fourth-order valence-electron chi connectivity index (χ4n) is 3.70. The van der Waals surface area contributed by atoms with E-state index in [9.17, 15) is 10.1 Å². The first-order chi connectivity index (χ1) is 15.4. The quantitative estimate of drug-likeness (QED) is 0.316. The zero-order valence-electron chi connectivity index (χ0n) is 18.2. The molecule has 0 aliphatic heterocycles. The zero-order valence-corrected chi connectivity index (χ0v) is 18.2. The minimum absolute atomic E-state index is 0.0194. The Morgan fingerprint density at radius 3 is 2.31 bits per heavy atom.